The number of hydrogen-bond donors (Lipinski definition) is 0. The Morgan fingerprint density at radius 2 is 1.67 bits per heavy atom. The molecule has 0 N–H and O–H groups in total. The van der Waals surface area contributed by atoms with Crippen LogP contribution in [0, 0.1) is 6.92 Å². The molecule has 0 atom stereocenters. The van der Waals surface area contributed by atoms with E-state index in [9.17, 15) is 0 Å². The molecule has 0 bridgehead atoms. The summed E-state index contributed by atoms with van der Waals surface area (Å²) in [6.45, 7) is 4.06. The first-order valence-electron chi connectivity index (χ1n) is 9.24. The fourth-order valence-corrected chi connectivity index (χ4v) is 3.22. The standard InChI is InChI=1S/C24H23NO2/c1-19-7-5-10-21(17-19)26-16-15-25-14-13-22-23(25)11-6-12-24(22)27-18-20-8-3-2-4-9-20/h2-14,17H,15-16,18H2,1H3. The van der Waals surface area contributed by atoms with Gasteiger partial charge in [0.05, 0.1) is 12.1 Å². The zero-order chi connectivity index (χ0) is 18.5. The van der Waals surface area contributed by atoms with E-state index in [0.717, 1.165) is 28.9 Å². The number of rotatable bonds is 7. The topological polar surface area (TPSA) is 23.4 Å². The van der Waals surface area contributed by atoms with Gasteiger partial charge in [-0.3, -0.25) is 0 Å². The molecule has 4 aromatic rings. The molecule has 1 heterocycles. The van der Waals surface area contributed by atoms with Crippen molar-refractivity contribution in [2.24, 2.45) is 0 Å². The van der Waals surface area contributed by atoms with Crippen LogP contribution < -0.4 is 9.47 Å². The van der Waals surface area contributed by atoms with Gasteiger partial charge in [-0.2, -0.15) is 0 Å². The monoisotopic (exact) mass is 357 g/mol. The molecule has 0 amide bonds. The molecule has 0 saturated carbocycles. The van der Waals surface area contributed by atoms with Crippen molar-refractivity contribution in [2.75, 3.05) is 6.61 Å². The quantitative estimate of drug-likeness (QED) is 0.429. The summed E-state index contributed by atoms with van der Waals surface area (Å²) < 4.78 is 14.2. The first-order chi connectivity index (χ1) is 13.3. The second-order valence-electron chi connectivity index (χ2n) is 6.64. The molecule has 0 radical (unpaired) electrons. The van der Waals surface area contributed by atoms with Crippen LogP contribution >= 0.6 is 0 Å². The molecular formula is C24H23NO2. The van der Waals surface area contributed by atoms with Gasteiger partial charge < -0.3 is 14.0 Å². The van der Waals surface area contributed by atoms with E-state index in [1.54, 1.807) is 0 Å². The van der Waals surface area contributed by atoms with Gasteiger partial charge >= 0.3 is 0 Å². The normalized spacial score (nSPS) is 10.9. The van der Waals surface area contributed by atoms with Crippen molar-refractivity contribution in [3.63, 3.8) is 0 Å². The van der Waals surface area contributed by atoms with Crippen LogP contribution in [0.3, 0.4) is 0 Å². The van der Waals surface area contributed by atoms with Crippen LogP contribution in [0.2, 0.25) is 0 Å². The Morgan fingerprint density at radius 3 is 2.52 bits per heavy atom. The van der Waals surface area contributed by atoms with Crippen molar-refractivity contribution in [1.29, 1.82) is 0 Å². The molecule has 0 aliphatic rings. The highest BCUT2D eigenvalue weighted by Crippen LogP contribution is 2.27. The Morgan fingerprint density at radius 1 is 0.815 bits per heavy atom. The second-order valence-corrected chi connectivity index (χ2v) is 6.64. The van der Waals surface area contributed by atoms with E-state index >= 15 is 0 Å². The third kappa shape index (κ3) is 4.14. The predicted octanol–water partition coefficient (Wildman–Crippen LogP) is 5.61. The smallest absolute Gasteiger partial charge is 0.129 e. The summed E-state index contributed by atoms with van der Waals surface area (Å²) >= 11 is 0. The van der Waals surface area contributed by atoms with E-state index in [1.165, 1.54) is 11.1 Å². The van der Waals surface area contributed by atoms with Crippen LogP contribution in [-0.4, -0.2) is 11.2 Å². The van der Waals surface area contributed by atoms with Gasteiger partial charge in [0, 0.05) is 11.6 Å². The number of ether oxygens (including phenoxy) is 2. The van der Waals surface area contributed by atoms with Gasteiger partial charge in [0.1, 0.15) is 24.7 Å². The fourth-order valence-electron chi connectivity index (χ4n) is 3.22. The summed E-state index contributed by atoms with van der Waals surface area (Å²) in [5.41, 5.74) is 3.54. The van der Waals surface area contributed by atoms with E-state index in [1.807, 2.05) is 42.5 Å². The maximum absolute atomic E-state index is 6.06. The van der Waals surface area contributed by atoms with Gasteiger partial charge in [-0.25, -0.2) is 0 Å². The summed E-state index contributed by atoms with van der Waals surface area (Å²) in [7, 11) is 0. The Kier molecular flexibility index (Phi) is 5.10. The molecule has 27 heavy (non-hydrogen) atoms. The molecule has 0 spiro atoms. The van der Waals surface area contributed by atoms with E-state index < -0.39 is 0 Å². The van der Waals surface area contributed by atoms with Crippen LogP contribution in [0.1, 0.15) is 11.1 Å². The zero-order valence-electron chi connectivity index (χ0n) is 15.5. The minimum atomic E-state index is 0.571. The van der Waals surface area contributed by atoms with Crippen molar-refractivity contribution in [3.05, 3.63) is 96.2 Å². The molecular weight excluding hydrogens is 334 g/mol. The Bertz CT molecular complexity index is 1020. The highest BCUT2D eigenvalue weighted by Gasteiger charge is 2.07. The molecule has 136 valence electrons. The molecule has 0 unspecified atom stereocenters. The van der Waals surface area contributed by atoms with Crippen molar-refractivity contribution in [2.45, 2.75) is 20.1 Å². The Labute approximate surface area is 159 Å². The van der Waals surface area contributed by atoms with Gasteiger partial charge in [0.2, 0.25) is 0 Å². The van der Waals surface area contributed by atoms with Gasteiger partial charge in [-0.15, -0.1) is 0 Å². The van der Waals surface area contributed by atoms with Crippen molar-refractivity contribution >= 4 is 10.9 Å². The van der Waals surface area contributed by atoms with Crippen LogP contribution in [0.15, 0.2) is 85.1 Å². The van der Waals surface area contributed by atoms with E-state index in [4.69, 9.17) is 9.47 Å². The SMILES string of the molecule is Cc1cccc(OCCn2ccc3c(OCc4ccccc4)cccc32)c1. The zero-order valence-corrected chi connectivity index (χ0v) is 15.5. The molecule has 0 fully saturated rings. The Hall–Kier alpha value is -3.20. The average Bonchev–Trinajstić information content (AvgIpc) is 3.11. The summed E-state index contributed by atoms with van der Waals surface area (Å²) in [6, 6.07) is 26.7. The third-order valence-electron chi connectivity index (χ3n) is 4.60. The molecule has 3 heteroatoms. The van der Waals surface area contributed by atoms with Gasteiger partial charge in [0.15, 0.2) is 0 Å². The van der Waals surface area contributed by atoms with Crippen LogP contribution in [0.25, 0.3) is 10.9 Å². The van der Waals surface area contributed by atoms with E-state index in [-0.39, 0.29) is 0 Å². The Balaban J connectivity index is 1.44. The number of hydrogen-bond acceptors (Lipinski definition) is 2. The number of aromatic nitrogens is 1. The van der Waals surface area contributed by atoms with E-state index in [0.29, 0.717) is 13.2 Å². The molecule has 0 aliphatic carbocycles. The lowest BCUT2D eigenvalue weighted by molar-refractivity contribution is 0.300. The van der Waals surface area contributed by atoms with Gasteiger partial charge in [-0.05, 0) is 48.4 Å². The minimum Gasteiger partial charge on any atom is -0.492 e. The number of fused-ring (bicyclic) bond motifs is 1. The molecule has 0 aliphatic heterocycles. The molecule has 3 nitrogen and oxygen atoms in total. The summed E-state index contributed by atoms with van der Waals surface area (Å²) in [6.07, 6.45) is 2.10. The van der Waals surface area contributed by atoms with Crippen molar-refractivity contribution in [1.82, 2.24) is 4.57 Å². The maximum atomic E-state index is 6.06. The highest BCUT2D eigenvalue weighted by molar-refractivity contribution is 5.86. The largest absolute Gasteiger partial charge is 0.492 e. The fraction of sp³-hybridized carbons (Fsp3) is 0.167. The summed E-state index contributed by atoms with van der Waals surface area (Å²) in [5, 5.41) is 1.13. The first-order valence-corrected chi connectivity index (χ1v) is 9.24. The highest BCUT2D eigenvalue weighted by atomic mass is 16.5. The summed E-state index contributed by atoms with van der Waals surface area (Å²) in [4.78, 5) is 0. The van der Waals surface area contributed by atoms with Crippen LogP contribution in [0.5, 0.6) is 11.5 Å². The predicted molar refractivity (Wildman–Crippen MR) is 109 cm³/mol. The maximum Gasteiger partial charge on any atom is 0.129 e. The van der Waals surface area contributed by atoms with Crippen molar-refractivity contribution in [3.8, 4) is 11.5 Å². The number of benzene rings is 3. The molecule has 4 rings (SSSR count). The number of aryl methyl sites for hydroxylation is 1. The molecule has 1 aromatic heterocycles. The van der Waals surface area contributed by atoms with Gasteiger partial charge in [0.25, 0.3) is 0 Å². The average molecular weight is 357 g/mol. The minimum absolute atomic E-state index is 0.571. The third-order valence-corrected chi connectivity index (χ3v) is 4.60. The first kappa shape index (κ1) is 17.2. The van der Waals surface area contributed by atoms with Crippen molar-refractivity contribution < 1.29 is 9.47 Å². The molecule has 0 saturated heterocycles. The molecule has 3 aromatic carbocycles. The van der Waals surface area contributed by atoms with Crippen LogP contribution in [0.4, 0.5) is 0 Å². The lowest BCUT2D eigenvalue weighted by atomic mass is 10.2. The van der Waals surface area contributed by atoms with Crippen LogP contribution in [-0.2, 0) is 13.2 Å². The summed E-state index contributed by atoms with van der Waals surface area (Å²) in [5.74, 6) is 1.83. The lowest BCUT2D eigenvalue weighted by Crippen LogP contribution is -2.07. The second kappa shape index (κ2) is 8.00. The number of nitrogens with zero attached hydrogens (tertiary/aromatic N) is 1. The van der Waals surface area contributed by atoms with E-state index in [2.05, 4.69) is 54.1 Å². The lowest BCUT2D eigenvalue weighted by Gasteiger charge is -2.10. The van der Waals surface area contributed by atoms with Gasteiger partial charge in [-0.1, -0.05) is 48.5 Å².